The van der Waals surface area contributed by atoms with E-state index in [1.165, 1.54) is 12.1 Å². The summed E-state index contributed by atoms with van der Waals surface area (Å²) >= 11 is 0. The van der Waals surface area contributed by atoms with Crippen LogP contribution in [-0.4, -0.2) is 42.2 Å². The summed E-state index contributed by atoms with van der Waals surface area (Å²) < 4.78 is 13.4. The van der Waals surface area contributed by atoms with Crippen molar-refractivity contribution in [3.05, 3.63) is 54.1 Å². The highest BCUT2D eigenvalue weighted by Gasteiger charge is 2.20. The van der Waals surface area contributed by atoms with E-state index in [2.05, 4.69) is 40.8 Å². The Morgan fingerprint density at radius 2 is 1.94 bits per heavy atom. The molecule has 0 saturated heterocycles. The predicted octanol–water partition coefficient (Wildman–Crippen LogP) is 3.24. The van der Waals surface area contributed by atoms with Crippen molar-refractivity contribution in [1.82, 2.24) is 30.1 Å². The Bertz CT molecular complexity index is 1220. The van der Waals surface area contributed by atoms with Crippen LogP contribution in [0.3, 0.4) is 0 Å². The van der Waals surface area contributed by atoms with Gasteiger partial charge in [0.05, 0.1) is 16.8 Å². The number of aromatic amines is 1. The number of nitrogens with zero attached hydrogens (tertiary/aromatic N) is 5. The molecule has 0 amide bonds. The molecule has 0 spiro atoms. The Morgan fingerprint density at radius 3 is 2.78 bits per heavy atom. The van der Waals surface area contributed by atoms with E-state index in [4.69, 9.17) is 5.73 Å². The van der Waals surface area contributed by atoms with Crippen LogP contribution in [0.5, 0.6) is 0 Å². The Labute approximate surface area is 184 Å². The Balaban J connectivity index is 1.31. The van der Waals surface area contributed by atoms with E-state index in [1.807, 2.05) is 6.07 Å². The fourth-order valence-corrected chi connectivity index (χ4v) is 3.93. The van der Waals surface area contributed by atoms with E-state index >= 15 is 0 Å². The molecule has 3 aromatic heterocycles. The summed E-state index contributed by atoms with van der Waals surface area (Å²) in [6, 6.07) is 8.82. The first kappa shape index (κ1) is 20.3. The minimum atomic E-state index is -0.274. The normalized spacial score (nSPS) is 18.6. The standard InChI is InChI=1S/C22H24FN9/c23-14-3-1-2-13(10-14)11-26-21-25-9-8-18(29-21)19-17-12-27-22(30-20(17)32-31-19)28-16-6-4-15(24)5-7-16/h1-3,8-10,12,15-16H,4-7,11,24H2,(H,25,26,29)(H2,27,28,30,31,32). The minimum Gasteiger partial charge on any atom is -0.351 e. The van der Waals surface area contributed by atoms with Gasteiger partial charge in [0.25, 0.3) is 0 Å². The molecule has 0 radical (unpaired) electrons. The Morgan fingerprint density at radius 1 is 1.06 bits per heavy atom. The topological polar surface area (TPSA) is 130 Å². The summed E-state index contributed by atoms with van der Waals surface area (Å²) in [4.78, 5) is 17.8. The maximum atomic E-state index is 13.4. The molecule has 10 heteroatoms. The summed E-state index contributed by atoms with van der Waals surface area (Å²) in [5.74, 6) is 0.726. The lowest BCUT2D eigenvalue weighted by Gasteiger charge is -2.26. The number of nitrogens with one attached hydrogen (secondary N) is 3. The zero-order valence-corrected chi connectivity index (χ0v) is 17.4. The van der Waals surface area contributed by atoms with Crippen LogP contribution in [0.25, 0.3) is 22.4 Å². The molecule has 3 heterocycles. The third-order valence-electron chi connectivity index (χ3n) is 5.67. The Kier molecular flexibility index (Phi) is 5.59. The number of H-pyrrole nitrogens is 1. The van der Waals surface area contributed by atoms with Gasteiger partial charge in [0.2, 0.25) is 11.9 Å². The molecule has 0 aliphatic heterocycles. The van der Waals surface area contributed by atoms with Crippen LogP contribution in [0.4, 0.5) is 16.3 Å². The lowest BCUT2D eigenvalue weighted by molar-refractivity contribution is 0.410. The first-order valence-electron chi connectivity index (χ1n) is 10.7. The summed E-state index contributed by atoms with van der Waals surface area (Å²) in [5.41, 5.74) is 8.73. The fraction of sp³-hybridized carbons (Fsp3) is 0.318. The SMILES string of the molecule is NC1CCC(Nc2ncc3c(-c4ccnc(NCc5cccc(F)c5)n4)[nH]nc3n2)CC1. The molecule has 0 atom stereocenters. The number of benzene rings is 1. The van der Waals surface area contributed by atoms with Crippen molar-refractivity contribution in [2.45, 2.75) is 44.3 Å². The quantitative estimate of drug-likeness (QED) is 0.365. The highest BCUT2D eigenvalue weighted by atomic mass is 19.1. The van der Waals surface area contributed by atoms with Crippen LogP contribution < -0.4 is 16.4 Å². The van der Waals surface area contributed by atoms with Gasteiger partial charge in [-0.15, -0.1) is 0 Å². The first-order valence-corrected chi connectivity index (χ1v) is 10.7. The number of aromatic nitrogens is 6. The summed E-state index contributed by atoms with van der Waals surface area (Å²) in [5, 5.41) is 14.6. The van der Waals surface area contributed by atoms with E-state index in [0.29, 0.717) is 47.6 Å². The summed E-state index contributed by atoms with van der Waals surface area (Å²) in [7, 11) is 0. The molecule has 1 aliphatic carbocycles. The van der Waals surface area contributed by atoms with Crippen LogP contribution in [0.15, 0.2) is 42.7 Å². The average molecular weight is 433 g/mol. The molecular formula is C22H24FN9. The number of anilines is 2. The molecule has 1 fully saturated rings. The molecule has 1 saturated carbocycles. The van der Waals surface area contributed by atoms with E-state index in [0.717, 1.165) is 36.6 Å². The van der Waals surface area contributed by atoms with Crippen molar-refractivity contribution in [3.8, 4) is 11.4 Å². The maximum absolute atomic E-state index is 13.4. The molecule has 9 nitrogen and oxygen atoms in total. The lowest BCUT2D eigenvalue weighted by Crippen LogP contribution is -2.33. The van der Waals surface area contributed by atoms with Gasteiger partial charge >= 0.3 is 0 Å². The van der Waals surface area contributed by atoms with Crippen LogP contribution in [0.2, 0.25) is 0 Å². The van der Waals surface area contributed by atoms with E-state index in [1.54, 1.807) is 24.5 Å². The first-order chi connectivity index (χ1) is 15.6. The van der Waals surface area contributed by atoms with Crippen LogP contribution in [0.1, 0.15) is 31.2 Å². The van der Waals surface area contributed by atoms with E-state index in [9.17, 15) is 4.39 Å². The van der Waals surface area contributed by atoms with Crippen LogP contribution in [-0.2, 0) is 6.54 Å². The molecule has 4 aromatic rings. The smallest absolute Gasteiger partial charge is 0.224 e. The molecule has 5 N–H and O–H groups in total. The number of nitrogens with two attached hydrogens (primary N) is 1. The number of rotatable bonds is 6. The third kappa shape index (κ3) is 4.50. The Hall–Kier alpha value is -3.66. The van der Waals surface area contributed by atoms with Crippen molar-refractivity contribution in [2.24, 2.45) is 5.73 Å². The number of halogens is 1. The highest BCUT2D eigenvalue weighted by Crippen LogP contribution is 2.25. The largest absolute Gasteiger partial charge is 0.351 e. The van der Waals surface area contributed by atoms with E-state index < -0.39 is 0 Å². The van der Waals surface area contributed by atoms with Crippen LogP contribution >= 0.6 is 0 Å². The summed E-state index contributed by atoms with van der Waals surface area (Å²) in [6.07, 6.45) is 7.46. The van der Waals surface area contributed by atoms with Gasteiger partial charge in [0.1, 0.15) is 5.82 Å². The molecular weight excluding hydrogens is 409 g/mol. The molecule has 5 rings (SSSR count). The number of hydrogen-bond donors (Lipinski definition) is 4. The number of hydrogen-bond acceptors (Lipinski definition) is 8. The highest BCUT2D eigenvalue weighted by molar-refractivity contribution is 5.89. The average Bonchev–Trinajstić information content (AvgIpc) is 3.23. The lowest BCUT2D eigenvalue weighted by atomic mass is 9.92. The molecule has 164 valence electrons. The van der Waals surface area contributed by atoms with Gasteiger partial charge in [-0.1, -0.05) is 12.1 Å². The van der Waals surface area contributed by atoms with Gasteiger partial charge in [-0.25, -0.2) is 19.3 Å². The second-order valence-corrected chi connectivity index (χ2v) is 8.03. The van der Waals surface area contributed by atoms with Crippen molar-refractivity contribution in [1.29, 1.82) is 0 Å². The maximum Gasteiger partial charge on any atom is 0.224 e. The summed E-state index contributed by atoms with van der Waals surface area (Å²) in [6.45, 7) is 0.412. The molecule has 1 aromatic carbocycles. The molecule has 0 bridgehead atoms. The van der Waals surface area contributed by atoms with Crippen molar-refractivity contribution in [2.75, 3.05) is 10.6 Å². The zero-order valence-electron chi connectivity index (χ0n) is 17.4. The van der Waals surface area contributed by atoms with E-state index in [-0.39, 0.29) is 5.82 Å². The van der Waals surface area contributed by atoms with Gasteiger partial charge in [0, 0.05) is 31.0 Å². The van der Waals surface area contributed by atoms with Gasteiger partial charge in [0.15, 0.2) is 5.65 Å². The second-order valence-electron chi connectivity index (χ2n) is 8.03. The second kappa shape index (κ2) is 8.83. The van der Waals surface area contributed by atoms with Gasteiger partial charge < -0.3 is 16.4 Å². The monoisotopic (exact) mass is 433 g/mol. The number of fused-ring (bicyclic) bond motifs is 1. The predicted molar refractivity (Wildman–Crippen MR) is 120 cm³/mol. The zero-order chi connectivity index (χ0) is 21.9. The van der Waals surface area contributed by atoms with Gasteiger partial charge in [-0.3, -0.25) is 5.10 Å². The van der Waals surface area contributed by atoms with Crippen molar-refractivity contribution >= 4 is 22.9 Å². The molecule has 0 unspecified atom stereocenters. The van der Waals surface area contributed by atoms with Gasteiger partial charge in [-0.2, -0.15) is 10.1 Å². The molecule has 32 heavy (non-hydrogen) atoms. The van der Waals surface area contributed by atoms with Crippen molar-refractivity contribution < 1.29 is 4.39 Å². The van der Waals surface area contributed by atoms with Crippen molar-refractivity contribution in [3.63, 3.8) is 0 Å². The molecule has 1 aliphatic rings. The van der Waals surface area contributed by atoms with Crippen LogP contribution in [0, 0.1) is 5.82 Å². The van der Waals surface area contributed by atoms with Gasteiger partial charge in [-0.05, 0) is 49.4 Å². The third-order valence-corrected chi connectivity index (χ3v) is 5.67. The minimum absolute atomic E-state index is 0.274. The fourth-order valence-electron chi connectivity index (χ4n) is 3.93.